The Morgan fingerprint density at radius 1 is 1.12 bits per heavy atom. The van der Waals surface area contributed by atoms with Crippen LogP contribution in [0.15, 0.2) is 58.1 Å². The standard InChI is InChI=1S/C24H22N4O4S/c1-24(2,3)16-8-6-15(7-9-16)22(30)32-18-10-5-14(12-19(18)31-4)11-17-20(25)28-23(27-21(17)29)33-13-26-28/h5-13,25H,1-4H3/b17-11-,25-20?. The number of methoxy groups -OCH3 is 1. The summed E-state index contributed by atoms with van der Waals surface area (Å²) in [7, 11) is 1.46. The number of carbonyl (C=O) groups is 2. The molecule has 0 fully saturated rings. The highest BCUT2D eigenvalue weighted by molar-refractivity contribution is 8.25. The molecule has 2 aliphatic rings. The molecule has 0 aromatic heterocycles. The predicted molar refractivity (Wildman–Crippen MR) is 129 cm³/mol. The SMILES string of the molecule is COc1cc(/C=C2/C(=N)N3N=CSC3=NC2=O)ccc1OC(=O)c1ccc(C(C)(C)C)cc1. The highest BCUT2D eigenvalue weighted by Gasteiger charge is 2.32. The van der Waals surface area contributed by atoms with Crippen LogP contribution in [0, 0.1) is 5.41 Å². The molecule has 8 nitrogen and oxygen atoms in total. The summed E-state index contributed by atoms with van der Waals surface area (Å²) in [5, 5.41) is 14.0. The van der Waals surface area contributed by atoms with Crippen LogP contribution < -0.4 is 9.47 Å². The first kappa shape index (κ1) is 22.5. The molecular weight excluding hydrogens is 440 g/mol. The highest BCUT2D eigenvalue weighted by atomic mass is 32.2. The molecule has 1 amide bonds. The number of esters is 1. The second kappa shape index (κ2) is 8.67. The van der Waals surface area contributed by atoms with Crippen LogP contribution in [0.2, 0.25) is 0 Å². The van der Waals surface area contributed by atoms with E-state index in [1.54, 1.807) is 30.3 Å². The zero-order chi connectivity index (χ0) is 23.8. The lowest BCUT2D eigenvalue weighted by Crippen LogP contribution is -2.35. The number of ether oxygens (including phenoxy) is 2. The second-order valence-corrected chi connectivity index (χ2v) is 9.20. The third-order valence-corrected chi connectivity index (χ3v) is 5.76. The van der Waals surface area contributed by atoms with E-state index in [1.807, 2.05) is 12.1 Å². The summed E-state index contributed by atoms with van der Waals surface area (Å²) in [6.07, 6.45) is 1.53. The number of carbonyl (C=O) groups excluding carboxylic acids is 2. The minimum atomic E-state index is -0.516. The van der Waals surface area contributed by atoms with E-state index >= 15 is 0 Å². The number of thioether (sulfide) groups is 1. The molecule has 0 spiro atoms. The lowest BCUT2D eigenvalue weighted by atomic mass is 9.87. The molecule has 2 aromatic rings. The zero-order valence-electron chi connectivity index (χ0n) is 18.6. The Morgan fingerprint density at radius 3 is 2.52 bits per heavy atom. The average molecular weight is 463 g/mol. The van der Waals surface area contributed by atoms with Gasteiger partial charge in [0.25, 0.3) is 5.91 Å². The topological polar surface area (TPSA) is 104 Å². The van der Waals surface area contributed by atoms with E-state index < -0.39 is 11.9 Å². The van der Waals surface area contributed by atoms with Gasteiger partial charge in [-0.05, 0) is 58.6 Å². The fourth-order valence-electron chi connectivity index (χ4n) is 3.23. The summed E-state index contributed by atoms with van der Waals surface area (Å²) in [6, 6.07) is 12.2. The van der Waals surface area contributed by atoms with Crippen LogP contribution in [0.1, 0.15) is 42.3 Å². The Balaban J connectivity index is 1.55. The third-order valence-electron chi connectivity index (χ3n) is 5.08. The number of fused-ring (bicyclic) bond motifs is 1. The van der Waals surface area contributed by atoms with Gasteiger partial charge in [0.15, 0.2) is 22.5 Å². The van der Waals surface area contributed by atoms with E-state index in [9.17, 15) is 9.59 Å². The molecule has 2 aliphatic heterocycles. The first-order valence-electron chi connectivity index (χ1n) is 10.1. The molecule has 9 heteroatoms. The van der Waals surface area contributed by atoms with E-state index in [1.165, 1.54) is 35.5 Å². The maximum Gasteiger partial charge on any atom is 0.343 e. The molecule has 4 rings (SSSR count). The van der Waals surface area contributed by atoms with Gasteiger partial charge in [-0.3, -0.25) is 10.2 Å². The zero-order valence-corrected chi connectivity index (χ0v) is 19.4. The Kier molecular flexibility index (Phi) is 5.90. The molecule has 0 unspecified atom stereocenters. The van der Waals surface area contributed by atoms with Gasteiger partial charge in [0.2, 0.25) is 0 Å². The van der Waals surface area contributed by atoms with E-state index in [2.05, 4.69) is 30.9 Å². The number of hydrazone groups is 1. The molecule has 1 N–H and O–H groups in total. The van der Waals surface area contributed by atoms with E-state index in [0.717, 1.165) is 5.56 Å². The van der Waals surface area contributed by atoms with Gasteiger partial charge in [-0.25, -0.2) is 4.79 Å². The first-order chi connectivity index (χ1) is 15.7. The fourth-order valence-corrected chi connectivity index (χ4v) is 3.84. The molecule has 0 saturated carbocycles. The maximum atomic E-state index is 12.6. The first-order valence-corrected chi connectivity index (χ1v) is 11.0. The molecular formula is C24H22N4O4S. The van der Waals surface area contributed by atoms with Gasteiger partial charge in [0, 0.05) is 0 Å². The van der Waals surface area contributed by atoms with Gasteiger partial charge in [-0.1, -0.05) is 39.0 Å². The number of nitrogens with zero attached hydrogens (tertiary/aromatic N) is 3. The normalized spacial score (nSPS) is 16.7. The van der Waals surface area contributed by atoms with Crippen molar-refractivity contribution in [3.8, 4) is 11.5 Å². The number of hydrogen-bond acceptors (Lipinski definition) is 7. The largest absolute Gasteiger partial charge is 0.493 e. The molecule has 0 aliphatic carbocycles. The van der Waals surface area contributed by atoms with Crippen LogP contribution >= 0.6 is 11.8 Å². The average Bonchev–Trinajstić information content (AvgIpc) is 3.25. The van der Waals surface area contributed by atoms with E-state index in [0.29, 0.717) is 22.0 Å². The highest BCUT2D eigenvalue weighted by Crippen LogP contribution is 2.31. The lowest BCUT2D eigenvalue weighted by molar-refractivity contribution is -0.114. The van der Waals surface area contributed by atoms with Gasteiger partial charge in [-0.2, -0.15) is 15.1 Å². The molecule has 33 heavy (non-hydrogen) atoms. The van der Waals surface area contributed by atoms with Crippen molar-refractivity contribution in [1.29, 1.82) is 5.41 Å². The number of aliphatic imine (C=N–C) groups is 1. The molecule has 0 radical (unpaired) electrons. The smallest absolute Gasteiger partial charge is 0.343 e. The summed E-state index contributed by atoms with van der Waals surface area (Å²) in [5.74, 6) is -0.514. The van der Waals surface area contributed by atoms with Crippen molar-refractivity contribution in [2.75, 3.05) is 7.11 Å². The van der Waals surface area contributed by atoms with Crippen LogP contribution in [0.4, 0.5) is 0 Å². The van der Waals surface area contributed by atoms with Gasteiger partial charge in [-0.15, -0.1) is 0 Å². The Labute approximate surface area is 195 Å². The summed E-state index contributed by atoms with van der Waals surface area (Å²) >= 11 is 1.18. The second-order valence-electron chi connectivity index (χ2n) is 8.38. The quantitative estimate of drug-likeness (QED) is 0.409. The van der Waals surface area contributed by atoms with Crippen molar-refractivity contribution in [2.45, 2.75) is 26.2 Å². The Bertz CT molecular complexity index is 1240. The number of hydrogen-bond donors (Lipinski definition) is 1. The van der Waals surface area contributed by atoms with Gasteiger partial charge in [0.05, 0.1) is 23.8 Å². The number of amides is 1. The van der Waals surface area contributed by atoms with Gasteiger partial charge in [0.1, 0.15) is 0 Å². The predicted octanol–water partition coefficient (Wildman–Crippen LogP) is 4.46. The van der Waals surface area contributed by atoms with Gasteiger partial charge < -0.3 is 9.47 Å². The van der Waals surface area contributed by atoms with Crippen molar-refractivity contribution in [3.63, 3.8) is 0 Å². The van der Waals surface area contributed by atoms with Crippen molar-refractivity contribution in [3.05, 3.63) is 64.7 Å². The third kappa shape index (κ3) is 4.58. The number of rotatable bonds is 4. The summed E-state index contributed by atoms with van der Waals surface area (Å²) in [4.78, 5) is 29.0. The van der Waals surface area contributed by atoms with Crippen molar-refractivity contribution < 1.29 is 19.1 Å². The minimum Gasteiger partial charge on any atom is -0.493 e. The maximum absolute atomic E-state index is 12.6. The Morgan fingerprint density at radius 2 is 1.85 bits per heavy atom. The van der Waals surface area contributed by atoms with Crippen LogP contribution in [0.3, 0.4) is 0 Å². The molecule has 2 heterocycles. The van der Waals surface area contributed by atoms with Gasteiger partial charge >= 0.3 is 5.97 Å². The molecule has 0 bridgehead atoms. The van der Waals surface area contributed by atoms with Crippen molar-refractivity contribution >= 4 is 46.3 Å². The number of benzene rings is 2. The minimum absolute atomic E-state index is 0.0150. The Hall–Kier alpha value is -3.72. The van der Waals surface area contributed by atoms with Crippen LogP contribution in [-0.2, 0) is 10.2 Å². The summed E-state index contributed by atoms with van der Waals surface area (Å²) < 4.78 is 10.9. The van der Waals surface area contributed by atoms with Crippen LogP contribution in [-0.4, -0.2) is 40.5 Å². The van der Waals surface area contributed by atoms with E-state index in [4.69, 9.17) is 14.9 Å². The van der Waals surface area contributed by atoms with Crippen LogP contribution in [0.5, 0.6) is 11.5 Å². The van der Waals surface area contributed by atoms with Crippen LogP contribution in [0.25, 0.3) is 6.08 Å². The number of amidine groups is 2. The number of nitrogens with one attached hydrogen (secondary N) is 1. The van der Waals surface area contributed by atoms with Crippen molar-refractivity contribution in [1.82, 2.24) is 5.01 Å². The lowest BCUT2D eigenvalue weighted by Gasteiger charge is -2.20. The fraction of sp³-hybridized carbons (Fsp3) is 0.208. The molecule has 2 aromatic carbocycles. The van der Waals surface area contributed by atoms with Crippen molar-refractivity contribution in [2.24, 2.45) is 10.1 Å². The molecule has 0 saturated heterocycles. The van der Waals surface area contributed by atoms with E-state index in [-0.39, 0.29) is 22.6 Å². The summed E-state index contributed by atoms with van der Waals surface area (Å²) in [6.45, 7) is 6.31. The summed E-state index contributed by atoms with van der Waals surface area (Å²) in [5.41, 5.74) is 3.74. The molecule has 168 valence electrons. The molecule has 0 atom stereocenters. The monoisotopic (exact) mass is 462 g/mol.